The Morgan fingerprint density at radius 1 is 0.833 bits per heavy atom. The van der Waals surface area contributed by atoms with Crippen molar-refractivity contribution in [2.75, 3.05) is 0 Å². The molecule has 134 valence electrons. The van der Waals surface area contributed by atoms with Gasteiger partial charge in [-0.2, -0.15) is 0 Å². The Morgan fingerprint density at radius 3 is 1.42 bits per heavy atom. The molecule has 0 aliphatic carbocycles. The van der Waals surface area contributed by atoms with Crippen molar-refractivity contribution in [3.05, 3.63) is 0 Å². The Balaban J connectivity index is 1.61. The van der Waals surface area contributed by atoms with Gasteiger partial charge in [-0.05, 0) is 40.5 Å². The number of hydrogen-bond donors (Lipinski definition) is 2. The Bertz CT molecular complexity index is 524. The van der Waals surface area contributed by atoms with Gasteiger partial charge in [-0.15, -0.1) is 0 Å². The van der Waals surface area contributed by atoms with Crippen molar-refractivity contribution < 1.29 is 19.2 Å². The van der Waals surface area contributed by atoms with Crippen LogP contribution >= 0.6 is 23.5 Å². The highest BCUT2D eigenvalue weighted by Crippen LogP contribution is 2.42. The summed E-state index contributed by atoms with van der Waals surface area (Å²) < 4.78 is -0.487. The molecule has 0 aromatic carbocycles. The molecule has 2 rings (SSSR count). The number of unbranched alkanes of at least 4 members (excludes halogenated alkanes) is 1. The lowest BCUT2D eigenvalue weighted by molar-refractivity contribution is -0.127. The highest BCUT2D eigenvalue weighted by molar-refractivity contribution is 8.17. The van der Waals surface area contributed by atoms with E-state index in [0.29, 0.717) is 25.7 Å². The zero-order valence-corrected chi connectivity index (χ0v) is 16.1. The highest BCUT2D eigenvalue weighted by atomic mass is 32.2. The maximum atomic E-state index is 11.9. The first-order chi connectivity index (χ1) is 11.0. The summed E-state index contributed by atoms with van der Waals surface area (Å²) in [5, 5.41) is 5.51. The highest BCUT2D eigenvalue weighted by Gasteiger charge is 2.49. The lowest BCUT2D eigenvalue weighted by atomic mass is 10.0. The second kappa shape index (κ2) is 7.07. The Kier molecular flexibility index (Phi) is 5.69. The second-order valence-electron chi connectivity index (χ2n) is 7.26. The third-order valence-electron chi connectivity index (χ3n) is 4.26. The molecule has 2 N–H and O–H groups in total. The zero-order chi connectivity index (χ0) is 18.1. The number of carbonyl (C=O) groups excluding carboxylic acids is 4. The molecular formula is C16H24N2O4S2. The van der Waals surface area contributed by atoms with Gasteiger partial charge in [0.25, 0.3) is 0 Å². The second-order valence-corrected chi connectivity index (χ2v) is 10.6. The minimum Gasteiger partial charge on any atom is -0.344 e. The van der Waals surface area contributed by atoms with Gasteiger partial charge in [-0.25, -0.2) is 0 Å². The number of nitrogens with one attached hydrogen (secondary N) is 2. The van der Waals surface area contributed by atoms with Crippen molar-refractivity contribution >= 4 is 45.6 Å². The van der Waals surface area contributed by atoms with E-state index in [1.54, 1.807) is 0 Å². The third-order valence-corrected chi connectivity index (χ3v) is 6.65. The van der Waals surface area contributed by atoms with Crippen LogP contribution in [0.25, 0.3) is 0 Å². The molecule has 8 heteroatoms. The van der Waals surface area contributed by atoms with Gasteiger partial charge in [0.1, 0.15) is 12.1 Å². The lowest BCUT2D eigenvalue weighted by Gasteiger charge is -2.41. The topological polar surface area (TPSA) is 92.3 Å². The summed E-state index contributed by atoms with van der Waals surface area (Å²) in [5.41, 5.74) is 0. The summed E-state index contributed by atoms with van der Waals surface area (Å²) in [4.78, 5) is 46.7. The maximum Gasteiger partial charge on any atom is 0.220 e. The van der Waals surface area contributed by atoms with Crippen LogP contribution in [0.3, 0.4) is 0 Å². The molecule has 2 aliphatic heterocycles. The van der Waals surface area contributed by atoms with Crippen LogP contribution in [0.15, 0.2) is 0 Å². The van der Waals surface area contributed by atoms with Crippen LogP contribution in [0, 0.1) is 0 Å². The molecule has 2 heterocycles. The van der Waals surface area contributed by atoms with Gasteiger partial charge in [-0.3, -0.25) is 19.2 Å². The van der Waals surface area contributed by atoms with Gasteiger partial charge in [0.05, 0.1) is 0 Å². The number of amides is 2. The Morgan fingerprint density at radius 2 is 1.17 bits per heavy atom. The van der Waals surface area contributed by atoms with Crippen molar-refractivity contribution in [1.29, 1.82) is 0 Å². The smallest absolute Gasteiger partial charge is 0.220 e. The molecule has 2 amide bonds. The van der Waals surface area contributed by atoms with Crippen molar-refractivity contribution in [3.63, 3.8) is 0 Å². The van der Waals surface area contributed by atoms with Crippen molar-refractivity contribution in [1.82, 2.24) is 10.6 Å². The molecular weight excluding hydrogens is 348 g/mol. The Hall–Kier alpha value is -1.02. The minimum atomic E-state index is -0.414. The number of hydrogen-bond acceptors (Lipinski definition) is 6. The van der Waals surface area contributed by atoms with Crippen LogP contribution < -0.4 is 10.6 Å². The first kappa shape index (κ1) is 19.3. The molecule has 2 unspecified atom stereocenters. The van der Waals surface area contributed by atoms with E-state index in [4.69, 9.17) is 0 Å². The molecule has 24 heavy (non-hydrogen) atoms. The summed E-state index contributed by atoms with van der Waals surface area (Å²) >= 11 is 2.49. The SMILES string of the molecule is CC1(C)SC(=O)C1NC(=O)CCCCC(=O)NC1C(=O)SC1(C)C. The van der Waals surface area contributed by atoms with Crippen molar-refractivity contribution in [3.8, 4) is 0 Å². The largest absolute Gasteiger partial charge is 0.344 e. The lowest BCUT2D eigenvalue weighted by Crippen LogP contribution is -2.59. The van der Waals surface area contributed by atoms with E-state index in [1.165, 1.54) is 23.5 Å². The van der Waals surface area contributed by atoms with Gasteiger partial charge in [0.15, 0.2) is 0 Å². The Labute approximate surface area is 150 Å². The van der Waals surface area contributed by atoms with Gasteiger partial charge in [0.2, 0.25) is 22.0 Å². The van der Waals surface area contributed by atoms with Gasteiger partial charge in [0, 0.05) is 22.3 Å². The molecule has 2 saturated heterocycles. The fraction of sp³-hybridized carbons (Fsp3) is 0.750. The molecule has 2 fully saturated rings. The van der Waals surface area contributed by atoms with E-state index in [0.717, 1.165) is 0 Å². The van der Waals surface area contributed by atoms with Crippen LogP contribution in [0.4, 0.5) is 0 Å². The van der Waals surface area contributed by atoms with Crippen LogP contribution in [0.2, 0.25) is 0 Å². The number of rotatable bonds is 7. The molecule has 0 radical (unpaired) electrons. The van der Waals surface area contributed by atoms with E-state index in [1.807, 2.05) is 27.7 Å². The first-order valence-electron chi connectivity index (χ1n) is 8.07. The average molecular weight is 373 g/mol. The van der Waals surface area contributed by atoms with Crippen LogP contribution in [-0.2, 0) is 19.2 Å². The predicted octanol–water partition coefficient (Wildman–Crippen LogP) is 1.62. The monoisotopic (exact) mass is 372 g/mol. The first-order valence-corrected chi connectivity index (χ1v) is 9.71. The summed E-state index contributed by atoms with van der Waals surface area (Å²) in [6, 6.07) is -0.828. The van der Waals surface area contributed by atoms with Crippen molar-refractivity contribution in [2.24, 2.45) is 0 Å². The molecule has 0 aromatic rings. The molecule has 2 aliphatic rings. The fourth-order valence-corrected chi connectivity index (χ4v) is 4.88. The van der Waals surface area contributed by atoms with Crippen LogP contribution in [0.5, 0.6) is 0 Å². The molecule has 6 nitrogen and oxygen atoms in total. The van der Waals surface area contributed by atoms with E-state index < -0.39 is 12.1 Å². The molecule has 0 aromatic heterocycles. The van der Waals surface area contributed by atoms with Gasteiger partial charge in [-0.1, -0.05) is 23.5 Å². The summed E-state index contributed by atoms with van der Waals surface area (Å²) in [6.45, 7) is 7.71. The van der Waals surface area contributed by atoms with E-state index in [-0.39, 0.29) is 31.5 Å². The fourth-order valence-electron chi connectivity index (χ4n) is 2.71. The standard InChI is InChI=1S/C16H24N2O4S2/c1-15(2)11(13(21)23-15)17-9(19)7-5-6-8-10(20)18-12-14(22)24-16(12,3)4/h11-12H,5-8H2,1-4H3,(H,17,19)(H,18,20). The number of carbonyl (C=O) groups is 4. The molecule has 0 bridgehead atoms. The van der Waals surface area contributed by atoms with Gasteiger partial charge >= 0.3 is 0 Å². The predicted molar refractivity (Wildman–Crippen MR) is 95.7 cm³/mol. The molecule has 0 saturated carbocycles. The van der Waals surface area contributed by atoms with E-state index in [2.05, 4.69) is 10.6 Å². The minimum absolute atomic E-state index is 0.00150. The summed E-state index contributed by atoms with van der Waals surface area (Å²) in [7, 11) is 0. The van der Waals surface area contributed by atoms with E-state index in [9.17, 15) is 19.2 Å². The summed E-state index contributed by atoms with van der Waals surface area (Å²) in [6.07, 6.45) is 1.73. The van der Waals surface area contributed by atoms with Crippen LogP contribution in [-0.4, -0.2) is 43.6 Å². The summed E-state index contributed by atoms with van der Waals surface area (Å²) in [5.74, 6) is -0.317. The maximum absolute atomic E-state index is 11.9. The zero-order valence-electron chi connectivity index (χ0n) is 14.4. The van der Waals surface area contributed by atoms with Crippen LogP contribution in [0.1, 0.15) is 53.4 Å². The van der Waals surface area contributed by atoms with Crippen molar-refractivity contribution in [2.45, 2.75) is 75.0 Å². The third kappa shape index (κ3) is 4.33. The normalized spacial score (nSPS) is 27.0. The average Bonchev–Trinajstić information content (AvgIpc) is 2.46. The van der Waals surface area contributed by atoms with E-state index >= 15 is 0 Å². The quantitative estimate of drug-likeness (QED) is 0.660. The number of thioether (sulfide) groups is 2. The molecule has 0 spiro atoms. The van der Waals surface area contributed by atoms with Gasteiger partial charge < -0.3 is 10.6 Å². The molecule has 2 atom stereocenters.